The molecule has 0 unspecified atom stereocenters. The van der Waals surface area contributed by atoms with E-state index in [1.54, 1.807) is 9.91 Å². The summed E-state index contributed by atoms with van der Waals surface area (Å²) >= 11 is 0. The van der Waals surface area contributed by atoms with Gasteiger partial charge in [0.15, 0.2) is 0 Å². The first-order valence-corrected chi connectivity index (χ1v) is 12.1. The maximum atomic E-state index is 13.9. The zero-order valence-corrected chi connectivity index (χ0v) is 19.3. The molecule has 1 saturated carbocycles. The second-order valence-electron chi connectivity index (χ2n) is 8.94. The number of carbonyl (C=O) groups excluding carboxylic acids is 1. The molecule has 0 saturated heterocycles. The molecule has 1 aliphatic heterocycles. The number of hydrogen-bond donors (Lipinski definition) is 1. The van der Waals surface area contributed by atoms with E-state index in [-0.39, 0.29) is 6.03 Å². The van der Waals surface area contributed by atoms with Gasteiger partial charge >= 0.3 is 6.03 Å². The van der Waals surface area contributed by atoms with Gasteiger partial charge in [0.05, 0.1) is 23.6 Å². The largest absolute Gasteiger partial charge is 0.399 e. The molecular formula is C29H30N4O. The van der Waals surface area contributed by atoms with Crippen LogP contribution in [0.15, 0.2) is 90.0 Å². The molecule has 3 aromatic carbocycles. The van der Waals surface area contributed by atoms with Gasteiger partial charge in [0.1, 0.15) is 0 Å². The summed E-state index contributed by atoms with van der Waals surface area (Å²) in [7, 11) is 0. The summed E-state index contributed by atoms with van der Waals surface area (Å²) in [4.78, 5) is 15.7. The third-order valence-electron chi connectivity index (χ3n) is 6.59. The number of anilines is 3. The molecule has 2 amide bonds. The van der Waals surface area contributed by atoms with Gasteiger partial charge < -0.3 is 5.73 Å². The Hall–Kier alpha value is -3.86. The molecule has 5 rings (SSSR count). The maximum absolute atomic E-state index is 13.9. The number of hydrazone groups is 1. The van der Waals surface area contributed by atoms with Gasteiger partial charge in [-0.05, 0) is 48.7 Å². The van der Waals surface area contributed by atoms with Crippen LogP contribution in [0.5, 0.6) is 0 Å². The van der Waals surface area contributed by atoms with E-state index in [0.29, 0.717) is 18.2 Å². The molecule has 1 heterocycles. The van der Waals surface area contributed by atoms with Gasteiger partial charge in [-0.3, -0.25) is 4.90 Å². The number of fused-ring (bicyclic) bond motifs is 1. The highest BCUT2D eigenvalue weighted by Gasteiger charge is 2.33. The lowest BCUT2D eigenvalue weighted by molar-refractivity contribution is 0.215. The molecule has 1 fully saturated rings. The van der Waals surface area contributed by atoms with Crippen LogP contribution in [0.4, 0.5) is 21.9 Å². The summed E-state index contributed by atoms with van der Waals surface area (Å²) in [5.74, 6) is 0.356. The van der Waals surface area contributed by atoms with Crippen molar-refractivity contribution >= 4 is 34.9 Å². The van der Waals surface area contributed by atoms with Crippen molar-refractivity contribution in [3.8, 4) is 0 Å². The minimum Gasteiger partial charge on any atom is -0.399 e. The van der Waals surface area contributed by atoms with Gasteiger partial charge in [0, 0.05) is 17.2 Å². The molecule has 0 atom stereocenters. The molecule has 34 heavy (non-hydrogen) atoms. The van der Waals surface area contributed by atoms with Crippen molar-refractivity contribution in [1.82, 2.24) is 5.01 Å². The van der Waals surface area contributed by atoms with Gasteiger partial charge in [-0.1, -0.05) is 79.9 Å². The van der Waals surface area contributed by atoms with E-state index in [4.69, 9.17) is 10.8 Å². The Kier molecular flexibility index (Phi) is 6.43. The van der Waals surface area contributed by atoms with Gasteiger partial charge in [-0.2, -0.15) is 5.10 Å². The lowest BCUT2D eigenvalue weighted by Gasteiger charge is -2.26. The van der Waals surface area contributed by atoms with Crippen LogP contribution in [0, 0.1) is 5.92 Å². The molecule has 0 radical (unpaired) electrons. The van der Waals surface area contributed by atoms with Gasteiger partial charge in [0.25, 0.3) is 0 Å². The van der Waals surface area contributed by atoms with Crippen molar-refractivity contribution in [2.24, 2.45) is 11.0 Å². The van der Waals surface area contributed by atoms with Crippen LogP contribution >= 0.6 is 0 Å². The van der Waals surface area contributed by atoms with Crippen LogP contribution in [0.25, 0.3) is 6.08 Å². The molecule has 2 N–H and O–H groups in total. The molecular weight excluding hydrogens is 420 g/mol. The summed E-state index contributed by atoms with van der Waals surface area (Å²) < 4.78 is 0. The monoisotopic (exact) mass is 450 g/mol. The number of urea groups is 1. The van der Waals surface area contributed by atoms with Crippen LogP contribution in [-0.2, 0) is 0 Å². The lowest BCUT2D eigenvalue weighted by atomic mass is 9.83. The third kappa shape index (κ3) is 4.60. The van der Waals surface area contributed by atoms with E-state index >= 15 is 0 Å². The van der Waals surface area contributed by atoms with Crippen LogP contribution < -0.4 is 10.6 Å². The van der Waals surface area contributed by atoms with E-state index < -0.39 is 0 Å². The Balaban J connectivity index is 1.57. The van der Waals surface area contributed by atoms with Crippen molar-refractivity contribution in [3.05, 3.63) is 96.1 Å². The molecule has 172 valence electrons. The van der Waals surface area contributed by atoms with Crippen molar-refractivity contribution in [2.75, 3.05) is 17.2 Å². The molecule has 5 heteroatoms. The van der Waals surface area contributed by atoms with E-state index in [0.717, 1.165) is 41.1 Å². The van der Waals surface area contributed by atoms with Gasteiger partial charge in [-0.25, -0.2) is 9.80 Å². The molecule has 2 aliphatic rings. The number of nitrogen functional groups attached to an aromatic ring is 1. The number of benzene rings is 3. The standard InChI is InChI=1S/C29H30N4O/c30-24-17-19-25(20-18-24)33-27-16-8-7-15-26(27)28(23-13-5-2-6-14-23)31-32(29(33)34)21-9-12-22-10-3-1-4-11-22/h1,3-4,7-12,15-20,23H,2,5-6,13-14,21,30H2. The number of nitrogens with zero attached hydrogens (tertiary/aromatic N) is 3. The summed E-state index contributed by atoms with van der Waals surface area (Å²) in [5, 5.41) is 6.64. The molecule has 0 aromatic heterocycles. The number of nitrogens with two attached hydrogens (primary N) is 1. The quantitative estimate of drug-likeness (QED) is 0.433. The first-order chi connectivity index (χ1) is 16.7. The Morgan fingerprint density at radius 1 is 0.882 bits per heavy atom. The fraction of sp³-hybridized carbons (Fsp3) is 0.241. The first kappa shape index (κ1) is 22.0. The van der Waals surface area contributed by atoms with Crippen LogP contribution in [0.2, 0.25) is 0 Å². The average Bonchev–Trinajstić information content (AvgIpc) is 3.00. The average molecular weight is 451 g/mol. The Labute approximate surface area is 201 Å². The van der Waals surface area contributed by atoms with E-state index in [2.05, 4.69) is 6.07 Å². The van der Waals surface area contributed by atoms with Gasteiger partial charge in [0.2, 0.25) is 0 Å². The number of hydrogen-bond acceptors (Lipinski definition) is 3. The van der Waals surface area contributed by atoms with E-state index in [1.807, 2.05) is 84.9 Å². The predicted molar refractivity (Wildman–Crippen MR) is 140 cm³/mol. The zero-order chi connectivity index (χ0) is 23.3. The topological polar surface area (TPSA) is 61.9 Å². The summed E-state index contributed by atoms with van der Waals surface area (Å²) in [6.45, 7) is 0.392. The van der Waals surface area contributed by atoms with Gasteiger partial charge in [-0.15, -0.1) is 0 Å². The molecule has 0 spiro atoms. The third-order valence-corrected chi connectivity index (χ3v) is 6.59. The van der Waals surface area contributed by atoms with Crippen LogP contribution in [0.1, 0.15) is 43.2 Å². The Morgan fingerprint density at radius 3 is 2.35 bits per heavy atom. The zero-order valence-electron chi connectivity index (χ0n) is 19.3. The second kappa shape index (κ2) is 9.96. The minimum absolute atomic E-state index is 0.166. The van der Waals surface area contributed by atoms with Crippen molar-refractivity contribution in [1.29, 1.82) is 0 Å². The second-order valence-corrected chi connectivity index (χ2v) is 8.94. The Bertz CT molecular complexity index is 1190. The van der Waals surface area contributed by atoms with Crippen LogP contribution in [-0.4, -0.2) is 23.3 Å². The predicted octanol–water partition coefficient (Wildman–Crippen LogP) is 6.84. The molecule has 1 aliphatic carbocycles. The number of amides is 2. The molecule has 0 bridgehead atoms. The fourth-order valence-corrected chi connectivity index (χ4v) is 4.85. The maximum Gasteiger partial charge on any atom is 0.349 e. The van der Waals surface area contributed by atoms with Crippen LogP contribution in [0.3, 0.4) is 0 Å². The Morgan fingerprint density at radius 2 is 1.59 bits per heavy atom. The minimum atomic E-state index is -0.166. The highest BCUT2D eigenvalue weighted by molar-refractivity contribution is 6.13. The smallest absolute Gasteiger partial charge is 0.349 e. The number of carbonyl (C=O) groups is 1. The first-order valence-electron chi connectivity index (χ1n) is 12.1. The highest BCUT2D eigenvalue weighted by Crippen LogP contribution is 2.37. The number of rotatable bonds is 5. The summed E-state index contributed by atoms with van der Waals surface area (Å²) in [6.07, 6.45) is 9.94. The lowest BCUT2D eigenvalue weighted by Crippen LogP contribution is -2.37. The van der Waals surface area contributed by atoms with Crippen molar-refractivity contribution in [3.63, 3.8) is 0 Å². The van der Waals surface area contributed by atoms with Crippen molar-refractivity contribution < 1.29 is 4.79 Å². The van der Waals surface area contributed by atoms with Crippen molar-refractivity contribution in [2.45, 2.75) is 32.1 Å². The normalized spacial score (nSPS) is 16.9. The fourth-order valence-electron chi connectivity index (χ4n) is 4.85. The highest BCUT2D eigenvalue weighted by atomic mass is 16.2. The molecule has 5 nitrogen and oxygen atoms in total. The molecule has 3 aromatic rings. The summed E-state index contributed by atoms with van der Waals surface area (Å²) in [6, 6.07) is 25.5. The number of para-hydroxylation sites is 1. The van der Waals surface area contributed by atoms with E-state index in [9.17, 15) is 4.79 Å². The SMILES string of the molecule is Nc1ccc(N2C(=O)N(CC=Cc3ccccc3)N=C(C3CCCCC3)c3ccccc32)cc1. The van der Waals surface area contributed by atoms with E-state index in [1.165, 1.54) is 19.3 Å². The summed E-state index contributed by atoms with van der Waals surface area (Å²) in [5.41, 5.74) is 11.4.